The van der Waals surface area contributed by atoms with Gasteiger partial charge in [-0.05, 0) is 37.6 Å². The third-order valence-electron chi connectivity index (χ3n) is 5.24. The van der Waals surface area contributed by atoms with Crippen molar-refractivity contribution in [1.29, 1.82) is 0 Å². The molecule has 0 amide bonds. The quantitative estimate of drug-likeness (QED) is 0.781. The van der Waals surface area contributed by atoms with Crippen LogP contribution in [-0.2, 0) is 16.1 Å². The number of carboxylic acid groups (broad SMARTS) is 1. The van der Waals surface area contributed by atoms with Crippen LogP contribution in [0, 0.1) is 5.41 Å². The molecule has 2 aliphatic rings. The molecule has 0 radical (unpaired) electrons. The van der Waals surface area contributed by atoms with Gasteiger partial charge in [0.05, 0.1) is 23.7 Å². The lowest BCUT2D eigenvalue weighted by atomic mass is 9.90. The molecule has 0 bridgehead atoms. The number of rotatable bonds is 7. The van der Waals surface area contributed by atoms with Crippen LogP contribution in [0.5, 0.6) is 5.75 Å². The van der Waals surface area contributed by atoms with Crippen molar-refractivity contribution in [2.75, 3.05) is 52.5 Å². The normalized spacial score (nSPS) is 24.7. The molecule has 1 atom stereocenters. The van der Waals surface area contributed by atoms with Gasteiger partial charge >= 0.3 is 5.97 Å². The first kappa shape index (κ1) is 19.4. The molecule has 3 rings (SSSR count). The number of carboxylic acids is 1. The predicted molar refractivity (Wildman–Crippen MR) is 99.8 cm³/mol. The molecule has 2 aliphatic heterocycles. The standard InChI is InChI=1S/C19H27ClN2O4/c1-19(18(23)24)4-5-22(14-19)13-15-2-3-17(16(20)12-15)26-11-8-21-6-9-25-10-7-21/h2-3,12H,4-11,13-14H2,1H3,(H,23,24). The summed E-state index contributed by atoms with van der Waals surface area (Å²) in [5.41, 5.74) is 0.428. The van der Waals surface area contributed by atoms with Crippen molar-refractivity contribution in [2.45, 2.75) is 19.9 Å². The molecule has 1 unspecified atom stereocenters. The second kappa shape index (κ2) is 8.57. The molecule has 144 valence electrons. The number of nitrogens with zero attached hydrogens (tertiary/aromatic N) is 2. The molecule has 1 N–H and O–H groups in total. The summed E-state index contributed by atoms with van der Waals surface area (Å²) in [5, 5.41) is 9.94. The first-order chi connectivity index (χ1) is 12.5. The zero-order valence-corrected chi connectivity index (χ0v) is 16.0. The van der Waals surface area contributed by atoms with Gasteiger partial charge in [0.15, 0.2) is 0 Å². The number of morpholine rings is 1. The highest BCUT2D eigenvalue weighted by Crippen LogP contribution is 2.32. The second-order valence-corrected chi connectivity index (χ2v) is 7.80. The van der Waals surface area contributed by atoms with Gasteiger partial charge < -0.3 is 14.6 Å². The largest absolute Gasteiger partial charge is 0.491 e. The fraction of sp³-hybridized carbons (Fsp3) is 0.632. The molecule has 6 nitrogen and oxygen atoms in total. The van der Waals surface area contributed by atoms with Crippen molar-refractivity contribution >= 4 is 17.6 Å². The van der Waals surface area contributed by atoms with Crippen molar-refractivity contribution < 1.29 is 19.4 Å². The summed E-state index contributed by atoms with van der Waals surface area (Å²) in [6.07, 6.45) is 0.679. The molecule has 0 saturated carbocycles. The molecule has 7 heteroatoms. The van der Waals surface area contributed by atoms with Gasteiger partial charge in [-0.25, -0.2) is 0 Å². The summed E-state index contributed by atoms with van der Waals surface area (Å²) in [7, 11) is 0. The summed E-state index contributed by atoms with van der Waals surface area (Å²) >= 11 is 6.37. The van der Waals surface area contributed by atoms with Gasteiger partial charge in [0.1, 0.15) is 12.4 Å². The Bertz CT molecular complexity index is 636. The Morgan fingerprint density at radius 1 is 1.31 bits per heavy atom. The zero-order valence-electron chi connectivity index (χ0n) is 15.2. The molecule has 1 aromatic carbocycles. The van der Waals surface area contributed by atoms with Crippen LogP contribution in [0.15, 0.2) is 18.2 Å². The summed E-state index contributed by atoms with van der Waals surface area (Å²) in [4.78, 5) is 15.8. The summed E-state index contributed by atoms with van der Waals surface area (Å²) < 4.78 is 11.2. The van der Waals surface area contributed by atoms with E-state index in [2.05, 4.69) is 9.80 Å². The maximum absolute atomic E-state index is 11.4. The van der Waals surface area contributed by atoms with Gasteiger partial charge in [0, 0.05) is 32.7 Å². The van der Waals surface area contributed by atoms with E-state index in [4.69, 9.17) is 21.1 Å². The maximum atomic E-state index is 11.4. The predicted octanol–water partition coefficient (Wildman–Crippen LogP) is 2.35. The van der Waals surface area contributed by atoms with E-state index in [9.17, 15) is 9.90 Å². The lowest BCUT2D eigenvalue weighted by Gasteiger charge is -2.26. The van der Waals surface area contributed by atoms with Crippen LogP contribution in [0.1, 0.15) is 18.9 Å². The van der Waals surface area contributed by atoms with Crippen LogP contribution in [0.25, 0.3) is 0 Å². The van der Waals surface area contributed by atoms with Crippen molar-refractivity contribution in [2.24, 2.45) is 5.41 Å². The molecule has 2 saturated heterocycles. The maximum Gasteiger partial charge on any atom is 0.310 e. The van der Waals surface area contributed by atoms with E-state index >= 15 is 0 Å². The van der Waals surface area contributed by atoms with Gasteiger partial charge in [-0.15, -0.1) is 0 Å². The number of benzene rings is 1. The summed E-state index contributed by atoms with van der Waals surface area (Å²) in [6.45, 7) is 8.80. The third-order valence-corrected chi connectivity index (χ3v) is 5.54. The number of likely N-dealkylation sites (tertiary alicyclic amines) is 1. The molecule has 0 aromatic heterocycles. The van der Waals surface area contributed by atoms with Gasteiger partial charge in [-0.1, -0.05) is 17.7 Å². The highest BCUT2D eigenvalue weighted by Gasteiger charge is 2.40. The smallest absolute Gasteiger partial charge is 0.310 e. The van der Waals surface area contributed by atoms with E-state index in [-0.39, 0.29) is 0 Å². The Labute approximate surface area is 159 Å². The van der Waals surface area contributed by atoms with E-state index in [0.29, 0.717) is 36.9 Å². The van der Waals surface area contributed by atoms with E-state index in [1.54, 1.807) is 0 Å². The Balaban J connectivity index is 1.49. The number of hydrogen-bond acceptors (Lipinski definition) is 5. The molecule has 2 heterocycles. The molecular weight excluding hydrogens is 356 g/mol. The first-order valence-corrected chi connectivity index (χ1v) is 9.51. The first-order valence-electron chi connectivity index (χ1n) is 9.13. The van der Waals surface area contributed by atoms with Crippen molar-refractivity contribution in [3.63, 3.8) is 0 Å². The average molecular weight is 383 g/mol. The lowest BCUT2D eigenvalue weighted by molar-refractivity contribution is -0.147. The van der Waals surface area contributed by atoms with Gasteiger partial charge in [0.2, 0.25) is 0 Å². The SMILES string of the molecule is CC1(C(=O)O)CCN(Cc2ccc(OCCN3CCOCC3)c(Cl)c2)C1. The minimum Gasteiger partial charge on any atom is -0.491 e. The molecule has 1 aromatic rings. The van der Waals surface area contributed by atoms with Gasteiger partial charge in [0.25, 0.3) is 0 Å². The highest BCUT2D eigenvalue weighted by atomic mass is 35.5. The molecule has 0 spiro atoms. The second-order valence-electron chi connectivity index (χ2n) is 7.39. The van der Waals surface area contributed by atoms with Crippen molar-refractivity contribution in [1.82, 2.24) is 9.80 Å². The molecule has 26 heavy (non-hydrogen) atoms. The third kappa shape index (κ3) is 4.88. The van der Waals surface area contributed by atoms with Crippen molar-refractivity contribution in [3.8, 4) is 5.75 Å². The Morgan fingerprint density at radius 2 is 2.08 bits per heavy atom. The Hall–Kier alpha value is -1.34. The van der Waals surface area contributed by atoms with Crippen LogP contribution in [0.3, 0.4) is 0 Å². The fourth-order valence-electron chi connectivity index (χ4n) is 3.49. The van der Waals surface area contributed by atoms with E-state index in [0.717, 1.165) is 45.0 Å². The van der Waals surface area contributed by atoms with Gasteiger partial charge in [-0.3, -0.25) is 14.6 Å². The minimum atomic E-state index is -0.720. The van der Waals surface area contributed by atoms with Crippen LogP contribution >= 0.6 is 11.6 Å². The van der Waals surface area contributed by atoms with E-state index < -0.39 is 11.4 Å². The summed E-state index contributed by atoms with van der Waals surface area (Å²) in [6, 6.07) is 5.83. The number of hydrogen-bond donors (Lipinski definition) is 1. The minimum absolute atomic E-state index is 0.567. The average Bonchev–Trinajstić information content (AvgIpc) is 3.00. The van der Waals surface area contributed by atoms with Gasteiger partial charge in [-0.2, -0.15) is 0 Å². The number of carbonyl (C=O) groups is 1. The zero-order chi connectivity index (χ0) is 18.6. The fourth-order valence-corrected chi connectivity index (χ4v) is 3.75. The number of aliphatic carboxylic acids is 1. The highest BCUT2D eigenvalue weighted by molar-refractivity contribution is 6.32. The van der Waals surface area contributed by atoms with Crippen LogP contribution in [-0.4, -0.2) is 73.4 Å². The van der Waals surface area contributed by atoms with Crippen LogP contribution in [0.4, 0.5) is 0 Å². The van der Waals surface area contributed by atoms with E-state index in [1.807, 2.05) is 25.1 Å². The molecular formula is C19H27ClN2O4. The van der Waals surface area contributed by atoms with E-state index in [1.165, 1.54) is 0 Å². The number of halogens is 1. The summed E-state index contributed by atoms with van der Waals surface area (Å²) in [5.74, 6) is -0.0254. The van der Waals surface area contributed by atoms with Crippen molar-refractivity contribution in [3.05, 3.63) is 28.8 Å². The topological polar surface area (TPSA) is 62.2 Å². The van der Waals surface area contributed by atoms with Crippen LogP contribution in [0.2, 0.25) is 5.02 Å². The monoisotopic (exact) mass is 382 g/mol. The lowest BCUT2D eigenvalue weighted by Crippen LogP contribution is -2.38. The Morgan fingerprint density at radius 3 is 2.73 bits per heavy atom. The molecule has 2 fully saturated rings. The van der Waals surface area contributed by atoms with Crippen LogP contribution < -0.4 is 4.74 Å². The molecule has 0 aliphatic carbocycles. The number of ether oxygens (including phenoxy) is 2. The Kier molecular flexibility index (Phi) is 6.40.